The van der Waals surface area contributed by atoms with Crippen LogP contribution in [-0.4, -0.2) is 15.5 Å². The molecule has 0 atom stereocenters. The first-order valence-corrected chi connectivity index (χ1v) is 8.24. The van der Waals surface area contributed by atoms with E-state index in [2.05, 4.69) is 14.9 Å². The van der Waals surface area contributed by atoms with Crippen molar-refractivity contribution in [3.8, 4) is 5.69 Å². The Hall–Kier alpha value is -3.47. The number of imidazole rings is 1. The van der Waals surface area contributed by atoms with Crippen molar-refractivity contribution in [3.05, 3.63) is 90.0 Å². The summed E-state index contributed by atoms with van der Waals surface area (Å²) in [6.07, 6.45) is 0. The fourth-order valence-electron chi connectivity index (χ4n) is 3.03. The number of carbonyl (C=O) groups is 1. The number of anilines is 1. The van der Waals surface area contributed by atoms with E-state index in [-0.39, 0.29) is 5.56 Å². The van der Waals surface area contributed by atoms with Gasteiger partial charge in [0.25, 0.3) is 5.91 Å². The minimum absolute atomic E-state index is 0.0126. The van der Waals surface area contributed by atoms with E-state index in [4.69, 9.17) is 0 Å². The number of carbonyl (C=O) groups excluding carboxylic acids is 1. The first-order chi connectivity index (χ1) is 12.6. The van der Waals surface area contributed by atoms with E-state index in [9.17, 15) is 9.18 Å². The molecule has 1 heterocycles. The SMILES string of the molecule is Cc1nc2cc(NC(=O)c3ccccc3F)ccc2n1-c1ccccc1. The Morgan fingerprint density at radius 2 is 1.73 bits per heavy atom. The summed E-state index contributed by atoms with van der Waals surface area (Å²) in [5, 5.41) is 2.73. The summed E-state index contributed by atoms with van der Waals surface area (Å²) >= 11 is 0. The molecule has 4 rings (SSSR count). The van der Waals surface area contributed by atoms with Crippen molar-refractivity contribution in [2.75, 3.05) is 5.32 Å². The summed E-state index contributed by atoms with van der Waals surface area (Å²) in [5.74, 6) is -0.180. The second-order valence-corrected chi connectivity index (χ2v) is 5.97. The maximum absolute atomic E-state index is 13.8. The standard InChI is InChI=1S/C21H16FN3O/c1-14-23-19-13-15(24-21(26)17-9-5-6-10-18(17)22)11-12-20(19)25(14)16-7-3-2-4-8-16/h2-13H,1H3,(H,24,26). The second-order valence-electron chi connectivity index (χ2n) is 5.97. The summed E-state index contributed by atoms with van der Waals surface area (Å²) in [4.78, 5) is 16.9. The van der Waals surface area contributed by atoms with Crippen LogP contribution in [0.1, 0.15) is 16.2 Å². The summed E-state index contributed by atoms with van der Waals surface area (Å²) in [6, 6.07) is 21.3. The van der Waals surface area contributed by atoms with Crippen molar-refractivity contribution in [1.29, 1.82) is 0 Å². The molecule has 128 valence electrons. The highest BCUT2D eigenvalue weighted by Gasteiger charge is 2.13. The van der Waals surface area contributed by atoms with Crippen LogP contribution in [0.15, 0.2) is 72.8 Å². The molecule has 1 N–H and O–H groups in total. The highest BCUT2D eigenvalue weighted by atomic mass is 19.1. The number of hydrogen-bond acceptors (Lipinski definition) is 2. The van der Waals surface area contributed by atoms with E-state index in [0.717, 1.165) is 22.5 Å². The fraction of sp³-hybridized carbons (Fsp3) is 0.0476. The van der Waals surface area contributed by atoms with E-state index in [1.165, 1.54) is 12.1 Å². The second kappa shape index (κ2) is 6.44. The minimum Gasteiger partial charge on any atom is -0.322 e. The number of rotatable bonds is 3. The summed E-state index contributed by atoms with van der Waals surface area (Å²) < 4.78 is 15.8. The third-order valence-corrected chi connectivity index (χ3v) is 4.21. The molecule has 4 aromatic rings. The molecule has 1 aromatic heterocycles. The number of para-hydroxylation sites is 1. The zero-order valence-corrected chi connectivity index (χ0v) is 14.1. The van der Waals surface area contributed by atoms with Gasteiger partial charge in [-0.05, 0) is 49.4 Å². The number of hydrogen-bond donors (Lipinski definition) is 1. The van der Waals surface area contributed by atoms with Crippen LogP contribution >= 0.6 is 0 Å². The van der Waals surface area contributed by atoms with Gasteiger partial charge >= 0.3 is 0 Å². The molecule has 0 saturated heterocycles. The molecule has 3 aromatic carbocycles. The predicted molar refractivity (Wildman–Crippen MR) is 100 cm³/mol. The maximum atomic E-state index is 13.8. The van der Waals surface area contributed by atoms with Crippen LogP contribution in [0.3, 0.4) is 0 Å². The maximum Gasteiger partial charge on any atom is 0.258 e. The predicted octanol–water partition coefficient (Wildman–Crippen LogP) is 4.73. The Bertz CT molecular complexity index is 1100. The molecule has 0 spiro atoms. The van der Waals surface area contributed by atoms with Crippen molar-refractivity contribution in [3.63, 3.8) is 0 Å². The number of aryl methyl sites for hydroxylation is 1. The van der Waals surface area contributed by atoms with Crippen LogP contribution in [0.4, 0.5) is 10.1 Å². The monoisotopic (exact) mass is 345 g/mol. The molecule has 0 radical (unpaired) electrons. The summed E-state index contributed by atoms with van der Waals surface area (Å²) in [5.41, 5.74) is 3.31. The van der Waals surface area contributed by atoms with Gasteiger partial charge in [0, 0.05) is 11.4 Å². The van der Waals surface area contributed by atoms with Crippen molar-refractivity contribution < 1.29 is 9.18 Å². The smallest absolute Gasteiger partial charge is 0.258 e. The fourth-order valence-corrected chi connectivity index (χ4v) is 3.03. The van der Waals surface area contributed by atoms with E-state index in [0.29, 0.717) is 5.69 Å². The van der Waals surface area contributed by atoms with Crippen molar-refractivity contribution in [2.24, 2.45) is 0 Å². The van der Waals surface area contributed by atoms with E-state index >= 15 is 0 Å². The molecule has 26 heavy (non-hydrogen) atoms. The highest BCUT2D eigenvalue weighted by Crippen LogP contribution is 2.24. The molecule has 0 aliphatic rings. The zero-order valence-electron chi connectivity index (χ0n) is 14.1. The van der Waals surface area contributed by atoms with E-state index in [1.807, 2.05) is 43.3 Å². The Kier molecular flexibility index (Phi) is 3.97. The van der Waals surface area contributed by atoms with Gasteiger partial charge in [-0.15, -0.1) is 0 Å². The number of benzene rings is 3. The first-order valence-electron chi connectivity index (χ1n) is 8.24. The Balaban J connectivity index is 1.69. The number of nitrogens with one attached hydrogen (secondary N) is 1. The lowest BCUT2D eigenvalue weighted by Gasteiger charge is -2.08. The third-order valence-electron chi connectivity index (χ3n) is 4.21. The average molecular weight is 345 g/mol. The topological polar surface area (TPSA) is 46.9 Å². The lowest BCUT2D eigenvalue weighted by Crippen LogP contribution is -2.13. The van der Waals surface area contributed by atoms with Gasteiger partial charge in [0.1, 0.15) is 11.6 Å². The summed E-state index contributed by atoms with van der Waals surface area (Å²) in [6.45, 7) is 1.94. The van der Waals surface area contributed by atoms with E-state index < -0.39 is 11.7 Å². The van der Waals surface area contributed by atoms with Gasteiger partial charge in [-0.2, -0.15) is 0 Å². The third kappa shape index (κ3) is 2.84. The Morgan fingerprint density at radius 1 is 1.00 bits per heavy atom. The zero-order chi connectivity index (χ0) is 18.1. The van der Waals surface area contributed by atoms with E-state index in [1.54, 1.807) is 24.3 Å². The van der Waals surface area contributed by atoms with Crippen molar-refractivity contribution in [2.45, 2.75) is 6.92 Å². The van der Waals surface area contributed by atoms with Gasteiger partial charge in [0.2, 0.25) is 0 Å². The molecule has 0 bridgehead atoms. The molecule has 4 nitrogen and oxygen atoms in total. The van der Waals surface area contributed by atoms with Crippen LogP contribution in [0.2, 0.25) is 0 Å². The molecule has 0 unspecified atom stereocenters. The van der Waals surface area contributed by atoms with Gasteiger partial charge in [-0.25, -0.2) is 9.37 Å². The average Bonchev–Trinajstić information content (AvgIpc) is 2.97. The van der Waals surface area contributed by atoms with Gasteiger partial charge in [-0.3, -0.25) is 9.36 Å². The largest absolute Gasteiger partial charge is 0.322 e. The van der Waals surface area contributed by atoms with Crippen LogP contribution < -0.4 is 5.32 Å². The highest BCUT2D eigenvalue weighted by molar-refractivity contribution is 6.05. The normalized spacial score (nSPS) is 10.8. The molecule has 0 aliphatic carbocycles. The van der Waals surface area contributed by atoms with Gasteiger partial charge in [0.05, 0.1) is 16.6 Å². The summed E-state index contributed by atoms with van der Waals surface area (Å²) in [7, 11) is 0. The Labute approximate surface area is 149 Å². The first kappa shape index (κ1) is 16.0. The quantitative estimate of drug-likeness (QED) is 0.584. The van der Waals surface area contributed by atoms with Gasteiger partial charge < -0.3 is 5.32 Å². The number of nitrogens with zero attached hydrogens (tertiary/aromatic N) is 2. The van der Waals surface area contributed by atoms with Gasteiger partial charge in [-0.1, -0.05) is 30.3 Å². The molecule has 0 saturated carbocycles. The van der Waals surface area contributed by atoms with Gasteiger partial charge in [0.15, 0.2) is 0 Å². The van der Waals surface area contributed by atoms with Crippen LogP contribution in [0.25, 0.3) is 16.7 Å². The molecule has 0 fully saturated rings. The van der Waals surface area contributed by atoms with Crippen LogP contribution in [0.5, 0.6) is 0 Å². The molecule has 5 heteroatoms. The van der Waals surface area contributed by atoms with Crippen molar-refractivity contribution >= 4 is 22.6 Å². The molecule has 0 aliphatic heterocycles. The number of fused-ring (bicyclic) bond motifs is 1. The number of amides is 1. The Morgan fingerprint density at radius 3 is 2.50 bits per heavy atom. The lowest BCUT2D eigenvalue weighted by molar-refractivity contribution is 0.102. The van der Waals surface area contributed by atoms with Crippen LogP contribution in [-0.2, 0) is 0 Å². The van der Waals surface area contributed by atoms with Crippen LogP contribution in [0, 0.1) is 12.7 Å². The number of aromatic nitrogens is 2. The number of halogens is 1. The molecule has 1 amide bonds. The van der Waals surface area contributed by atoms with Crippen molar-refractivity contribution in [1.82, 2.24) is 9.55 Å². The minimum atomic E-state index is -0.546. The molecular weight excluding hydrogens is 329 g/mol. The molecular formula is C21H16FN3O. The lowest BCUT2D eigenvalue weighted by atomic mass is 10.2.